The van der Waals surface area contributed by atoms with Gasteiger partial charge in [-0.15, -0.1) is 0 Å². The van der Waals surface area contributed by atoms with Gasteiger partial charge < -0.3 is 10.2 Å². The minimum atomic E-state index is 0.597. The summed E-state index contributed by atoms with van der Waals surface area (Å²) in [4.78, 5) is 15.4. The lowest BCUT2D eigenvalue weighted by Gasteiger charge is -2.16. The molecule has 0 bridgehead atoms. The van der Waals surface area contributed by atoms with E-state index < -0.39 is 0 Å². The molecule has 1 saturated heterocycles. The zero-order chi connectivity index (χ0) is 14.7. The topological polar surface area (TPSA) is 53.9 Å². The first-order chi connectivity index (χ1) is 10.2. The quantitative estimate of drug-likeness (QED) is 0.921. The smallest absolute Gasteiger partial charge is 0.225 e. The zero-order valence-corrected chi connectivity index (χ0v) is 13.5. The number of hydrogen-bond donors (Lipinski definition) is 1. The third kappa shape index (κ3) is 3.69. The van der Waals surface area contributed by atoms with Gasteiger partial charge in [0.25, 0.3) is 0 Å². The summed E-state index contributed by atoms with van der Waals surface area (Å²) in [6, 6.07) is 6.05. The molecule has 1 fully saturated rings. The molecule has 1 N–H and O–H groups in total. The second kappa shape index (κ2) is 6.39. The first-order valence-electron chi connectivity index (χ1n) is 7.11. The van der Waals surface area contributed by atoms with Crippen LogP contribution < -0.4 is 10.2 Å². The molecule has 0 radical (unpaired) electrons. The highest BCUT2D eigenvalue weighted by molar-refractivity contribution is 9.10. The highest BCUT2D eigenvalue weighted by Gasteiger charge is 2.24. The number of rotatable bonds is 4. The second-order valence-corrected chi connectivity index (χ2v) is 6.26. The summed E-state index contributed by atoms with van der Waals surface area (Å²) in [5.41, 5.74) is 1.04. The van der Waals surface area contributed by atoms with Crippen molar-refractivity contribution >= 4 is 27.7 Å². The van der Waals surface area contributed by atoms with Crippen molar-refractivity contribution in [2.75, 3.05) is 29.9 Å². The number of halogens is 1. The predicted molar refractivity (Wildman–Crippen MR) is 87.5 cm³/mol. The summed E-state index contributed by atoms with van der Waals surface area (Å²) in [5, 5.41) is 3.42. The normalized spacial score (nSPS) is 18.0. The first-order valence-corrected chi connectivity index (χ1v) is 7.90. The second-order valence-electron chi connectivity index (χ2n) is 5.35. The molecule has 3 rings (SSSR count). The van der Waals surface area contributed by atoms with Crippen LogP contribution in [0.1, 0.15) is 12.1 Å². The molecule has 21 heavy (non-hydrogen) atoms. The molecule has 0 aliphatic carbocycles. The van der Waals surface area contributed by atoms with Gasteiger partial charge in [0.2, 0.25) is 5.95 Å². The largest absolute Gasteiger partial charge is 0.370 e. The summed E-state index contributed by atoms with van der Waals surface area (Å²) in [5.74, 6) is 2.36. The number of hydrogen-bond acceptors (Lipinski definition) is 5. The van der Waals surface area contributed by atoms with Crippen molar-refractivity contribution in [2.45, 2.75) is 13.3 Å². The van der Waals surface area contributed by atoms with E-state index in [0.29, 0.717) is 5.92 Å². The van der Waals surface area contributed by atoms with Crippen LogP contribution in [-0.4, -0.2) is 34.6 Å². The molecule has 0 aromatic carbocycles. The molecule has 5 nitrogen and oxygen atoms in total. The van der Waals surface area contributed by atoms with E-state index in [9.17, 15) is 0 Å². The lowest BCUT2D eigenvalue weighted by atomic mass is 10.1. The number of nitrogens with zero attached hydrogens (tertiary/aromatic N) is 4. The van der Waals surface area contributed by atoms with Gasteiger partial charge in [0.05, 0.1) is 4.47 Å². The molecular weight excluding hydrogens is 330 g/mol. The molecule has 1 aliphatic heterocycles. The van der Waals surface area contributed by atoms with Crippen LogP contribution in [0.25, 0.3) is 0 Å². The number of pyridine rings is 1. The maximum Gasteiger partial charge on any atom is 0.225 e. The van der Waals surface area contributed by atoms with Crippen molar-refractivity contribution in [1.82, 2.24) is 15.0 Å². The average molecular weight is 348 g/mol. The zero-order valence-electron chi connectivity index (χ0n) is 12.0. The summed E-state index contributed by atoms with van der Waals surface area (Å²) in [6.45, 7) is 4.94. The van der Waals surface area contributed by atoms with Gasteiger partial charge in [-0.2, -0.15) is 0 Å². The van der Waals surface area contributed by atoms with Gasteiger partial charge in [-0.05, 0) is 47.3 Å². The standard InChI is InChI=1S/C15H18BrN5/c1-11-3-2-4-14(20-11)17-7-12-5-6-21(10-12)15-18-8-13(16)9-19-15/h2-4,8-9,12H,5-7,10H2,1H3,(H,17,20)/t12-/m1/s1. The molecule has 6 heteroatoms. The number of aromatic nitrogens is 3. The van der Waals surface area contributed by atoms with Crippen molar-refractivity contribution < 1.29 is 0 Å². The Morgan fingerprint density at radius 2 is 2.14 bits per heavy atom. The molecule has 2 aromatic heterocycles. The van der Waals surface area contributed by atoms with Crippen molar-refractivity contribution in [2.24, 2.45) is 5.92 Å². The summed E-state index contributed by atoms with van der Waals surface area (Å²) < 4.78 is 0.911. The van der Waals surface area contributed by atoms with Gasteiger partial charge in [-0.3, -0.25) is 0 Å². The average Bonchev–Trinajstić information content (AvgIpc) is 2.95. The van der Waals surface area contributed by atoms with E-state index in [0.717, 1.165) is 48.0 Å². The van der Waals surface area contributed by atoms with Gasteiger partial charge >= 0.3 is 0 Å². The number of nitrogens with one attached hydrogen (secondary N) is 1. The highest BCUT2D eigenvalue weighted by atomic mass is 79.9. The Morgan fingerprint density at radius 1 is 1.33 bits per heavy atom. The Morgan fingerprint density at radius 3 is 2.90 bits per heavy atom. The third-order valence-corrected chi connectivity index (χ3v) is 4.05. The predicted octanol–water partition coefficient (Wildman–Crippen LogP) is 2.88. The molecular formula is C15H18BrN5. The Labute approximate surface area is 133 Å². The fourth-order valence-electron chi connectivity index (χ4n) is 2.54. The van der Waals surface area contributed by atoms with Crippen molar-refractivity contribution in [1.29, 1.82) is 0 Å². The Kier molecular flexibility index (Phi) is 4.34. The fraction of sp³-hybridized carbons (Fsp3) is 0.400. The number of anilines is 2. The van der Waals surface area contributed by atoms with E-state index in [-0.39, 0.29) is 0 Å². The minimum absolute atomic E-state index is 0.597. The molecule has 0 saturated carbocycles. The fourth-order valence-corrected chi connectivity index (χ4v) is 2.74. The molecule has 1 aliphatic rings. The first kappa shape index (κ1) is 14.3. The van der Waals surface area contributed by atoms with Gasteiger partial charge in [0.1, 0.15) is 5.82 Å². The summed E-state index contributed by atoms with van der Waals surface area (Å²) in [7, 11) is 0. The van der Waals surface area contributed by atoms with Crippen molar-refractivity contribution in [3.63, 3.8) is 0 Å². The molecule has 0 unspecified atom stereocenters. The van der Waals surface area contributed by atoms with Crippen LogP contribution in [0.2, 0.25) is 0 Å². The third-order valence-electron chi connectivity index (χ3n) is 3.64. The van der Waals surface area contributed by atoms with Gasteiger partial charge in [0, 0.05) is 37.7 Å². The van der Waals surface area contributed by atoms with Gasteiger partial charge in [-0.25, -0.2) is 15.0 Å². The van der Waals surface area contributed by atoms with Crippen LogP contribution in [0, 0.1) is 12.8 Å². The van der Waals surface area contributed by atoms with Crippen LogP contribution in [0.15, 0.2) is 35.1 Å². The Hall–Kier alpha value is -1.69. The lowest BCUT2D eigenvalue weighted by molar-refractivity contribution is 0.620. The SMILES string of the molecule is Cc1cccc(NC[C@H]2CCN(c3ncc(Br)cn3)C2)n1. The lowest BCUT2D eigenvalue weighted by Crippen LogP contribution is -2.24. The number of aryl methyl sites for hydroxylation is 1. The van der Waals surface area contributed by atoms with Crippen LogP contribution in [0.3, 0.4) is 0 Å². The maximum atomic E-state index is 4.47. The Balaban J connectivity index is 1.54. The summed E-state index contributed by atoms with van der Waals surface area (Å²) in [6.07, 6.45) is 4.74. The van der Waals surface area contributed by atoms with Crippen molar-refractivity contribution in [3.8, 4) is 0 Å². The van der Waals surface area contributed by atoms with E-state index in [4.69, 9.17) is 0 Å². The Bertz CT molecular complexity index is 601. The highest BCUT2D eigenvalue weighted by Crippen LogP contribution is 2.21. The molecule has 0 spiro atoms. The van der Waals surface area contributed by atoms with E-state index in [1.54, 1.807) is 12.4 Å². The van der Waals surface area contributed by atoms with E-state index in [1.165, 1.54) is 0 Å². The molecule has 110 valence electrons. The molecule has 3 heterocycles. The maximum absolute atomic E-state index is 4.47. The minimum Gasteiger partial charge on any atom is -0.370 e. The van der Waals surface area contributed by atoms with Gasteiger partial charge in [0.15, 0.2) is 0 Å². The summed E-state index contributed by atoms with van der Waals surface area (Å²) >= 11 is 3.36. The van der Waals surface area contributed by atoms with Crippen LogP contribution >= 0.6 is 15.9 Å². The monoisotopic (exact) mass is 347 g/mol. The van der Waals surface area contributed by atoms with Gasteiger partial charge in [-0.1, -0.05) is 6.07 Å². The van der Waals surface area contributed by atoms with Crippen LogP contribution in [-0.2, 0) is 0 Å². The molecule has 0 amide bonds. The van der Waals surface area contributed by atoms with Crippen molar-refractivity contribution in [3.05, 3.63) is 40.8 Å². The van der Waals surface area contributed by atoms with Crippen LogP contribution in [0.5, 0.6) is 0 Å². The van der Waals surface area contributed by atoms with E-state index in [1.807, 2.05) is 25.1 Å². The van der Waals surface area contributed by atoms with E-state index >= 15 is 0 Å². The van der Waals surface area contributed by atoms with Crippen LogP contribution in [0.4, 0.5) is 11.8 Å². The molecule has 1 atom stereocenters. The van der Waals surface area contributed by atoms with E-state index in [2.05, 4.69) is 41.1 Å². The molecule has 2 aromatic rings.